The molecule has 9 nitrogen and oxygen atoms in total. The molecule has 0 aliphatic rings. The number of rotatable bonds is 11. The number of sulfonamides is 1. The maximum atomic E-state index is 13.3. The number of methoxy groups -OCH3 is 1. The molecule has 11 heteroatoms. The Balaban J connectivity index is 1.79. The molecular weight excluding hydrogens is 629 g/mol. The van der Waals surface area contributed by atoms with Crippen LogP contribution < -0.4 is 20.1 Å². The number of hydrogen-bond donors (Lipinski definition) is 3. The van der Waals surface area contributed by atoms with Gasteiger partial charge in [0.05, 0.1) is 47.0 Å². The summed E-state index contributed by atoms with van der Waals surface area (Å²) in [5.41, 5.74) is 3.66. The number of nitrogens with one attached hydrogen (secondary N) is 3. The molecule has 0 bridgehead atoms. The third-order valence-corrected chi connectivity index (χ3v) is 7.89. The van der Waals surface area contributed by atoms with Crippen LogP contribution in [0.5, 0.6) is 5.75 Å². The van der Waals surface area contributed by atoms with Gasteiger partial charge in [0.2, 0.25) is 10.0 Å². The van der Waals surface area contributed by atoms with E-state index in [1.165, 1.54) is 7.11 Å². The molecule has 3 N–H and O–H groups in total. The summed E-state index contributed by atoms with van der Waals surface area (Å²) in [6, 6.07) is 16.8. The number of aromatic nitrogens is 1. The van der Waals surface area contributed by atoms with E-state index < -0.39 is 10.0 Å². The number of carbonyl (C=O) groups is 1. The van der Waals surface area contributed by atoms with Crippen LogP contribution in [0.1, 0.15) is 24.2 Å². The van der Waals surface area contributed by atoms with Gasteiger partial charge in [-0.15, -0.1) is 0 Å². The zero-order valence-electron chi connectivity index (χ0n) is 22.3. The number of carbonyl (C=O) groups excluding carboxylic acids is 1. The van der Waals surface area contributed by atoms with Crippen molar-refractivity contribution < 1.29 is 17.9 Å². The topological polar surface area (TPSA) is 113 Å². The Hall–Kier alpha value is -3.16. The lowest BCUT2D eigenvalue weighted by molar-refractivity contribution is 0.0950. The summed E-state index contributed by atoms with van der Waals surface area (Å²) in [4.78, 5) is 20.4. The first-order valence-corrected chi connectivity index (χ1v) is 15.6. The number of ether oxygens (including phenoxy) is 1. The summed E-state index contributed by atoms with van der Waals surface area (Å²) >= 11 is 2.08. The molecule has 0 radical (unpaired) electrons. The van der Waals surface area contributed by atoms with Crippen molar-refractivity contribution >= 4 is 77.4 Å². The van der Waals surface area contributed by atoms with E-state index in [4.69, 9.17) is 9.72 Å². The van der Waals surface area contributed by atoms with Crippen LogP contribution in [0.15, 0.2) is 54.6 Å². The molecule has 0 aliphatic carbocycles. The molecule has 1 amide bonds. The number of halogens is 1. The lowest BCUT2D eigenvalue weighted by atomic mass is 10.0. The van der Waals surface area contributed by atoms with E-state index in [1.54, 1.807) is 12.1 Å². The summed E-state index contributed by atoms with van der Waals surface area (Å²) in [5.74, 6) is 0.283. The predicted octanol–water partition coefficient (Wildman–Crippen LogP) is 5.19. The monoisotopic (exact) mass is 661 g/mol. The SMILES string of the molecule is CCN(CC)CCNC(=O)c1cccc2c(Nc3cc(I)c(NS(C)(=O)=O)cc3OC)c3ccccc3nc12. The minimum absolute atomic E-state index is 0.176. The third-order valence-electron chi connectivity index (χ3n) is 6.41. The van der Waals surface area contributed by atoms with Crippen molar-refractivity contribution in [3.05, 3.63) is 63.7 Å². The zero-order chi connectivity index (χ0) is 28.2. The van der Waals surface area contributed by atoms with Gasteiger partial charge in [-0.1, -0.05) is 44.2 Å². The van der Waals surface area contributed by atoms with Crippen molar-refractivity contribution in [1.29, 1.82) is 0 Å². The fourth-order valence-electron chi connectivity index (χ4n) is 4.43. The van der Waals surface area contributed by atoms with E-state index in [-0.39, 0.29) is 5.91 Å². The van der Waals surface area contributed by atoms with Crippen LogP contribution in [0.25, 0.3) is 21.8 Å². The molecule has 3 aromatic carbocycles. The van der Waals surface area contributed by atoms with Crippen LogP contribution in [-0.2, 0) is 10.0 Å². The molecule has 4 rings (SSSR count). The number of pyridine rings is 1. The maximum absolute atomic E-state index is 13.3. The number of nitrogens with zero attached hydrogens (tertiary/aromatic N) is 2. The average Bonchev–Trinajstić information content (AvgIpc) is 2.91. The standard InChI is InChI=1S/C28H32IN5O4S/c1-5-34(6-2)15-14-30-28(35)20-12-9-11-19-26(18-10-7-8-13-22(18)31-27(19)20)32-24-16-21(29)23(17-25(24)38-3)33-39(4,36)37/h7-13,16-17,33H,5-6,14-15H2,1-4H3,(H,30,35)(H,31,32). The van der Waals surface area contributed by atoms with Crippen molar-refractivity contribution in [1.82, 2.24) is 15.2 Å². The van der Waals surface area contributed by atoms with E-state index in [9.17, 15) is 13.2 Å². The summed E-state index contributed by atoms with van der Waals surface area (Å²) in [6.45, 7) is 7.37. The van der Waals surface area contributed by atoms with Gasteiger partial charge in [-0.3, -0.25) is 9.52 Å². The highest BCUT2D eigenvalue weighted by atomic mass is 127. The Kier molecular flexibility index (Phi) is 9.13. The molecule has 1 aromatic heterocycles. The Morgan fingerprint density at radius 3 is 2.44 bits per heavy atom. The number of fused-ring (bicyclic) bond motifs is 2. The van der Waals surface area contributed by atoms with Crippen LogP contribution in [0.4, 0.5) is 17.1 Å². The highest BCUT2D eigenvalue weighted by Gasteiger charge is 2.18. The fraction of sp³-hybridized carbons (Fsp3) is 0.286. The van der Waals surface area contributed by atoms with Gasteiger partial charge in [-0.05, 0) is 53.9 Å². The number of benzene rings is 3. The Bertz CT molecular complexity index is 1620. The van der Waals surface area contributed by atoms with Crippen molar-refractivity contribution in [3.8, 4) is 5.75 Å². The van der Waals surface area contributed by atoms with E-state index in [1.807, 2.05) is 42.5 Å². The van der Waals surface area contributed by atoms with Gasteiger partial charge in [0, 0.05) is 33.5 Å². The van der Waals surface area contributed by atoms with Gasteiger partial charge in [0.15, 0.2) is 0 Å². The molecule has 1 heterocycles. The Morgan fingerprint density at radius 1 is 1.03 bits per heavy atom. The molecule has 0 atom stereocenters. The Morgan fingerprint density at radius 2 is 1.74 bits per heavy atom. The van der Waals surface area contributed by atoms with Gasteiger partial charge in [-0.2, -0.15) is 0 Å². The van der Waals surface area contributed by atoms with Crippen molar-refractivity contribution in [2.75, 3.05) is 49.6 Å². The van der Waals surface area contributed by atoms with Crippen LogP contribution >= 0.6 is 22.6 Å². The van der Waals surface area contributed by atoms with Gasteiger partial charge < -0.3 is 20.3 Å². The summed E-state index contributed by atoms with van der Waals surface area (Å²) in [7, 11) is -1.93. The average molecular weight is 662 g/mol. The number of para-hydroxylation sites is 2. The molecule has 39 heavy (non-hydrogen) atoms. The normalized spacial score (nSPS) is 11.6. The largest absolute Gasteiger partial charge is 0.494 e. The highest BCUT2D eigenvalue weighted by molar-refractivity contribution is 14.1. The smallest absolute Gasteiger partial charge is 0.253 e. The lowest BCUT2D eigenvalue weighted by Gasteiger charge is -2.19. The molecule has 0 saturated heterocycles. The van der Waals surface area contributed by atoms with Gasteiger partial charge in [0.1, 0.15) is 5.75 Å². The van der Waals surface area contributed by atoms with E-state index in [2.05, 4.69) is 56.7 Å². The van der Waals surface area contributed by atoms with E-state index in [0.29, 0.717) is 38.3 Å². The fourth-order valence-corrected chi connectivity index (χ4v) is 5.78. The van der Waals surface area contributed by atoms with E-state index >= 15 is 0 Å². The van der Waals surface area contributed by atoms with Crippen LogP contribution in [0.3, 0.4) is 0 Å². The van der Waals surface area contributed by atoms with Crippen LogP contribution in [0.2, 0.25) is 0 Å². The predicted molar refractivity (Wildman–Crippen MR) is 167 cm³/mol. The maximum Gasteiger partial charge on any atom is 0.253 e. The molecule has 0 fully saturated rings. The number of amides is 1. The molecule has 0 saturated carbocycles. The third kappa shape index (κ3) is 6.71. The van der Waals surface area contributed by atoms with Crippen LogP contribution in [-0.4, -0.2) is 63.8 Å². The van der Waals surface area contributed by atoms with Crippen molar-refractivity contribution in [3.63, 3.8) is 0 Å². The molecule has 206 valence electrons. The summed E-state index contributed by atoms with van der Waals surface area (Å²) < 4.78 is 32.5. The molecule has 0 spiro atoms. The van der Waals surface area contributed by atoms with E-state index in [0.717, 1.165) is 47.9 Å². The lowest BCUT2D eigenvalue weighted by Crippen LogP contribution is -2.34. The molecular formula is C28H32IN5O4S. The first-order valence-electron chi connectivity index (χ1n) is 12.6. The minimum Gasteiger partial charge on any atom is -0.494 e. The van der Waals surface area contributed by atoms with Crippen LogP contribution in [0, 0.1) is 3.57 Å². The van der Waals surface area contributed by atoms with Crippen molar-refractivity contribution in [2.45, 2.75) is 13.8 Å². The number of likely N-dealkylation sites (N-methyl/N-ethyl adjacent to an activating group) is 1. The Labute approximate surface area is 242 Å². The summed E-state index contributed by atoms with van der Waals surface area (Å²) in [6.07, 6.45) is 1.11. The molecule has 4 aromatic rings. The second kappa shape index (κ2) is 12.3. The van der Waals surface area contributed by atoms with Gasteiger partial charge >= 0.3 is 0 Å². The first kappa shape index (κ1) is 28.8. The number of anilines is 3. The minimum atomic E-state index is -3.46. The zero-order valence-corrected chi connectivity index (χ0v) is 25.3. The van der Waals surface area contributed by atoms with Gasteiger partial charge in [0.25, 0.3) is 5.91 Å². The number of hydrogen-bond acceptors (Lipinski definition) is 7. The summed E-state index contributed by atoms with van der Waals surface area (Å²) in [5, 5.41) is 8.19. The second-order valence-corrected chi connectivity index (χ2v) is 11.9. The second-order valence-electron chi connectivity index (χ2n) is 9.02. The highest BCUT2D eigenvalue weighted by Crippen LogP contribution is 2.39. The van der Waals surface area contributed by atoms with Gasteiger partial charge in [-0.25, -0.2) is 13.4 Å². The molecule has 0 unspecified atom stereocenters. The first-order chi connectivity index (χ1) is 18.6. The quantitative estimate of drug-likeness (QED) is 0.150. The molecule has 0 aliphatic heterocycles. The van der Waals surface area contributed by atoms with Crippen molar-refractivity contribution in [2.24, 2.45) is 0 Å².